The van der Waals surface area contributed by atoms with Crippen LogP contribution in [0.3, 0.4) is 0 Å². The standard InChI is InChI=1S/C12H14ClN3OS/c1-17-12-5-2-8(7-15-12)6-9(16-14)10-3-4-11(13)18-10/h2-5,7,9,16H,6,14H2,1H3. The molecular weight excluding hydrogens is 270 g/mol. The van der Waals surface area contributed by atoms with Crippen molar-refractivity contribution in [2.75, 3.05) is 7.11 Å². The van der Waals surface area contributed by atoms with Crippen LogP contribution >= 0.6 is 22.9 Å². The van der Waals surface area contributed by atoms with Gasteiger partial charge in [0.15, 0.2) is 0 Å². The Labute approximate surface area is 115 Å². The number of halogens is 1. The first kappa shape index (κ1) is 13.3. The van der Waals surface area contributed by atoms with Crippen LogP contribution in [0.5, 0.6) is 5.88 Å². The predicted octanol–water partition coefficient (Wildman–Crippen LogP) is 2.55. The lowest BCUT2D eigenvalue weighted by atomic mass is 10.1. The summed E-state index contributed by atoms with van der Waals surface area (Å²) in [7, 11) is 1.60. The molecule has 6 heteroatoms. The first-order valence-corrected chi connectivity index (χ1v) is 6.62. The fourth-order valence-electron chi connectivity index (χ4n) is 1.65. The number of ether oxygens (including phenoxy) is 1. The van der Waals surface area contributed by atoms with Gasteiger partial charge in [-0.3, -0.25) is 11.3 Å². The highest BCUT2D eigenvalue weighted by Crippen LogP contribution is 2.28. The Bertz CT molecular complexity index is 500. The van der Waals surface area contributed by atoms with Gasteiger partial charge in [-0.15, -0.1) is 11.3 Å². The molecule has 0 aromatic carbocycles. The van der Waals surface area contributed by atoms with Crippen LogP contribution in [0.15, 0.2) is 30.5 Å². The topological polar surface area (TPSA) is 60.2 Å². The number of pyridine rings is 1. The molecule has 0 spiro atoms. The van der Waals surface area contributed by atoms with Gasteiger partial charge in [-0.1, -0.05) is 17.7 Å². The third-order valence-corrected chi connectivity index (χ3v) is 3.93. The van der Waals surface area contributed by atoms with Crippen LogP contribution < -0.4 is 16.0 Å². The molecule has 2 rings (SSSR count). The van der Waals surface area contributed by atoms with Gasteiger partial charge < -0.3 is 4.74 Å². The van der Waals surface area contributed by atoms with Gasteiger partial charge in [-0.25, -0.2) is 4.98 Å². The van der Waals surface area contributed by atoms with Crippen molar-refractivity contribution in [3.8, 4) is 5.88 Å². The highest BCUT2D eigenvalue weighted by molar-refractivity contribution is 7.16. The third-order valence-electron chi connectivity index (χ3n) is 2.59. The number of methoxy groups -OCH3 is 1. The largest absolute Gasteiger partial charge is 0.481 e. The predicted molar refractivity (Wildman–Crippen MR) is 73.9 cm³/mol. The zero-order chi connectivity index (χ0) is 13.0. The van der Waals surface area contributed by atoms with E-state index in [-0.39, 0.29) is 6.04 Å². The smallest absolute Gasteiger partial charge is 0.212 e. The van der Waals surface area contributed by atoms with Crippen molar-refractivity contribution in [1.29, 1.82) is 0 Å². The summed E-state index contributed by atoms with van der Waals surface area (Å²) in [6.07, 6.45) is 2.54. The van der Waals surface area contributed by atoms with E-state index in [0.29, 0.717) is 5.88 Å². The molecule has 0 aliphatic heterocycles. The molecule has 96 valence electrons. The minimum absolute atomic E-state index is 0.0395. The molecule has 0 aliphatic rings. The highest BCUT2D eigenvalue weighted by atomic mass is 35.5. The fourth-order valence-corrected chi connectivity index (χ4v) is 2.77. The van der Waals surface area contributed by atoms with Gasteiger partial charge in [-0.05, 0) is 24.1 Å². The molecule has 0 fully saturated rings. The number of hydrazine groups is 1. The Hall–Kier alpha value is -1.14. The summed E-state index contributed by atoms with van der Waals surface area (Å²) in [5, 5.41) is 0. The minimum Gasteiger partial charge on any atom is -0.481 e. The average molecular weight is 284 g/mol. The molecule has 0 saturated carbocycles. The first-order chi connectivity index (χ1) is 8.72. The molecule has 1 unspecified atom stereocenters. The number of rotatable bonds is 5. The Morgan fingerprint density at radius 3 is 2.78 bits per heavy atom. The first-order valence-electron chi connectivity index (χ1n) is 5.43. The van der Waals surface area contributed by atoms with Crippen molar-refractivity contribution in [2.24, 2.45) is 5.84 Å². The monoisotopic (exact) mass is 283 g/mol. The Balaban J connectivity index is 2.10. The SMILES string of the molecule is COc1ccc(CC(NN)c2ccc(Cl)s2)cn1. The van der Waals surface area contributed by atoms with E-state index in [4.69, 9.17) is 22.2 Å². The number of nitrogens with two attached hydrogens (primary N) is 1. The maximum absolute atomic E-state index is 5.93. The molecule has 3 N–H and O–H groups in total. The average Bonchev–Trinajstić information content (AvgIpc) is 2.83. The van der Waals surface area contributed by atoms with Crippen LogP contribution in [0.1, 0.15) is 16.5 Å². The quantitative estimate of drug-likeness (QED) is 0.654. The van der Waals surface area contributed by atoms with E-state index in [1.54, 1.807) is 13.3 Å². The van der Waals surface area contributed by atoms with E-state index in [1.165, 1.54) is 11.3 Å². The van der Waals surface area contributed by atoms with Crippen molar-refractivity contribution in [3.05, 3.63) is 45.2 Å². The molecule has 2 aromatic rings. The van der Waals surface area contributed by atoms with E-state index >= 15 is 0 Å². The van der Waals surface area contributed by atoms with Crippen molar-refractivity contribution in [3.63, 3.8) is 0 Å². The number of aromatic nitrogens is 1. The normalized spacial score (nSPS) is 12.4. The lowest BCUT2D eigenvalue weighted by Crippen LogP contribution is -2.28. The van der Waals surface area contributed by atoms with E-state index in [9.17, 15) is 0 Å². The molecule has 0 bridgehead atoms. The second-order valence-electron chi connectivity index (χ2n) is 3.77. The molecule has 0 saturated heterocycles. The molecule has 0 amide bonds. The summed E-state index contributed by atoms with van der Waals surface area (Å²) < 4.78 is 5.78. The van der Waals surface area contributed by atoms with Crippen molar-refractivity contribution >= 4 is 22.9 Å². The molecular formula is C12H14ClN3OS. The van der Waals surface area contributed by atoms with E-state index in [1.807, 2.05) is 24.3 Å². The van der Waals surface area contributed by atoms with Gasteiger partial charge in [0.25, 0.3) is 0 Å². The number of hydrogen-bond donors (Lipinski definition) is 2. The zero-order valence-corrected chi connectivity index (χ0v) is 11.5. The van der Waals surface area contributed by atoms with Gasteiger partial charge in [0.1, 0.15) is 0 Å². The summed E-state index contributed by atoms with van der Waals surface area (Å²) in [4.78, 5) is 5.28. The summed E-state index contributed by atoms with van der Waals surface area (Å²) in [5.41, 5.74) is 3.89. The number of thiophene rings is 1. The summed E-state index contributed by atoms with van der Waals surface area (Å²) in [6, 6.07) is 7.71. The Kier molecular flexibility index (Phi) is 4.54. The molecule has 18 heavy (non-hydrogen) atoms. The van der Waals surface area contributed by atoms with Gasteiger partial charge in [-0.2, -0.15) is 0 Å². The number of nitrogens with zero attached hydrogens (tertiary/aromatic N) is 1. The van der Waals surface area contributed by atoms with E-state index in [2.05, 4.69) is 10.4 Å². The summed E-state index contributed by atoms with van der Waals surface area (Å²) in [6.45, 7) is 0. The van der Waals surface area contributed by atoms with Crippen LogP contribution in [0, 0.1) is 0 Å². The third kappa shape index (κ3) is 3.20. The maximum atomic E-state index is 5.93. The second-order valence-corrected chi connectivity index (χ2v) is 5.52. The van der Waals surface area contributed by atoms with Gasteiger partial charge >= 0.3 is 0 Å². The molecule has 1 atom stereocenters. The summed E-state index contributed by atoms with van der Waals surface area (Å²) >= 11 is 7.45. The van der Waals surface area contributed by atoms with Crippen LogP contribution in [0.4, 0.5) is 0 Å². The van der Waals surface area contributed by atoms with Crippen molar-refractivity contribution in [1.82, 2.24) is 10.4 Å². The van der Waals surface area contributed by atoms with Gasteiger partial charge in [0, 0.05) is 17.1 Å². The lowest BCUT2D eigenvalue weighted by molar-refractivity contribution is 0.397. The zero-order valence-electron chi connectivity index (χ0n) is 9.89. The van der Waals surface area contributed by atoms with Crippen LogP contribution in [-0.4, -0.2) is 12.1 Å². The van der Waals surface area contributed by atoms with Gasteiger partial charge in [0.05, 0.1) is 17.5 Å². The molecule has 2 aromatic heterocycles. The maximum Gasteiger partial charge on any atom is 0.212 e. The molecule has 0 aliphatic carbocycles. The molecule has 0 radical (unpaired) electrons. The Morgan fingerprint density at radius 1 is 1.44 bits per heavy atom. The lowest BCUT2D eigenvalue weighted by Gasteiger charge is -2.14. The van der Waals surface area contributed by atoms with Gasteiger partial charge in [0.2, 0.25) is 5.88 Å². The highest BCUT2D eigenvalue weighted by Gasteiger charge is 2.13. The van der Waals surface area contributed by atoms with Crippen molar-refractivity contribution < 1.29 is 4.74 Å². The fraction of sp³-hybridized carbons (Fsp3) is 0.250. The molecule has 4 nitrogen and oxygen atoms in total. The molecule has 2 heterocycles. The van der Waals surface area contributed by atoms with E-state index in [0.717, 1.165) is 21.2 Å². The summed E-state index contributed by atoms with van der Waals surface area (Å²) in [5.74, 6) is 6.19. The minimum atomic E-state index is 0.0395. The second kappa shape index (κ2) is 6.15. The van der Waals surface area contributed by atoms with Crippen LogP contribution in [0.2, 0.25) is 4.34 Å². The van der Waals surface area contributed by atoms with Crippen LogP contribution in [0.25, 0.3) is 0 Å². The number of hydrogen-bond acceptors (Lipinski definition) is 5. The number of nitrogens with one attached hydrogen (secondary N) is 1. The Morgan fingerprint density at radius 2 is 2.28 bits per heavy atom. The van der Waals surface area contributed by atoms with Crippen LogP contribution in [-0.2, 0) is 6.42 Å². The van der Waals surface area contributed by atoms with E-state index < -0.39 is 0 Å². The van der Waals surface area contributed by atoms with Crippen molar-refractivity contribution in [2.45, 2.75) is 12.5 Å².